The minimum atomic E-state index is 0.219. The summed E-state index contributed by atoms with van der Waals surface area (Å²) in [5.41, 5.74) is 1.26. The van der Waals surface area contributed by atoms with Crippen LogP contribution in [0.3, 0.4) is 0 Å². The molecule has 2 N–H and O–H groups in total. The van der Waals surface area contributed by atoms with E-state index in [9.17, 15) is 5.11 Å². The van der Waals surface area contributed by atoms with Gasteiger partial charge in [-0.1, -0.05) is 44.2 Å². The predicted molar refractivity (Wildman–Crippen MR) is 63.7 cm³/mol. The molecule has 0 bridgehead atoms. The van der Waals surface area contributed by atoms with Crippen molar-refractivity contribution in [1.82, 2.24) is 5.32 Å². The standard InChI is InChI=1S/C13H21NO/c1-3-9-14-13(11(2)10-15)12-7-5-4-6-8-12/h4-8,11,13-15H,3,9-10H2,1-2H3. The molecule has 2 atom stereocenters. The van der Waals surface area contributed by atoms with Crippen LogP contribution >= 0.6 is 0 Å². The van der Waals surface area contributed by atoms with Gasteiger partial charge in [-0.05, 0) is 24.4 Å². The Balaban J connectivity index is 2.72. The third kappa shape index (κ3) is 3.65. The molecule has 2 heteroatoms. The molecule has 0 radical (unpaired) electrons. The van der Waals surface area contributed by atoms with Crippen molar-refractivity contribution in [3.05, 3.63) is 35.9 Å². The second-order valence-electron chi connectivity index (χ2n) is 4.00. The van der Waals surface area contributed by atoms with Gasteiger partial charge in [0.2, 0.25) is 0 Å². The second-order valence-corrected chi connectivity index (χ2v) is 4.00. The molecular weight excluding hydrogens is 186 g/mol. The van der Waals surface area contributed by atoms with Gasteiger partial charge in [-0.3, -0.25) is 0 Å². The smallest absolute Gasteiger partial charge is 0.0474 e. The summed E-state index contributed by atoms with van der Waals surface area (Å²) in [5.74, 6) is 0.249. The lowest BCUT2D eigenvalue weighted by atomic mass is 9.95. The van der Waals surface area contributed by atoms with Crippen molar-refractivity contribution < 1.29 is 5.11 Å². The highest BCUT2D eigenvalue weighted by Gasteiger charge is 2.16. The van der Waals surface area contributed by atoms with Gasteiger partial charge >= 0.3 is 0 Å². The molecule has 0 heterocycles. The van der Waals surface area contributed by atoms with Crippen molar-refractivity contribution in [1.29, 1.82) is 0 Å². The summed E-state index contributed by atoms with van der Waals surface area (Å²) in [7, 11) is 0. The van der Waals surface area contributed by atoms with Gasteiger partial charge in [0.1, 0.15) is 0 Å². The number of rotatable bonds is 6. The Labute approximate surface area is 92.3 Å². The fourth-order valence-electron chi connectivity index (χ4n) is 1.71. The zero-order chi connectivity index (χ0) is 11.1. The van der Waals surface area contributed by atoms with E-state index in [-0.39, 0.29) is 18.6 Å². The van der Waals surface area contributed by atoms with Crippen LogP contribution in [0.4, 0.5) is 0 Å². The average Bonchev–Trinajstić information content (AvgIpc) is 2.30. The molecule has 1 aromatic carbocycles. The van der Waals surface area contributed by atoms with Crippen LogP contribution in [-0.4, -0.2) is 18.3 Å². The van der Waals surface area contributed by atoms with Crippen LogP contribution in [0.25, 0.3) is 0 Å². The van der Waals surface area contributed by atoms with E-state index in [1.165, 1.54) is 5.56 Å². The minimum absolute atomic E-state index is 0.219. The highest BCUT2D eigenvalue weighted by atomic mass is 16.3. The van der Waals surface area contributed by atoms with E-state index in [1.54, 1.807) is 0 Å². The third-order valence-corrected chi connectivity index (χ3v) is 2.63. The molecule has 15 heavy (non-hydrogen) atoms. The Kier molecular flexibility index (Phi) is 5.37. The zero-order valence-corrected chi connectivity index (χ0v) is 9.61. The summed E-state index contributed by atoms with van der Waals surface area (Å²) in [4.78, 5) is 0. The van der Waals surface area contributed by atoms with E-state index < -0.39 is 0 Å². The molecule has 0 saturated heterocycles. The maximum absolute atomic E-state index is 9.23. The molecule has 0 saturated carbocycles. The lowest BCUT2D eigenvalue weighted by Crippen LogP contribution is -2.29. The minimum Gasteiger partial charge on any atom is -0.396 e. The van der Waals surface area contributed by atoms with Gasteiger partial charge in [0.05, 0.1) is 0 Å². The van der Waals surface area contributed by atoms with Crippen molar-refractivity contribution in [3.8, 4) is 0 Å². The van der Waals surface area contributed by atoms with Crippen LogP contribution in [0.1, 0.15) is 31.9 Å². The van der Waals surface area contributed by atoms with Crippen LogP contribution in [0, 0.1) is 5.92 Å². The van der Waals surface area contributed by atoms with Crippen molar-refractivity contribution in [2.24, 2.45) is 5.92 Å². The van der Waals surface area contributed by atoms with Crippen LogP contribution in [0.2, 0.25) is 0 Å². The molecule has 0 spiro atoms. The second kappa shape index (κ2) is 6.59. The highest BCUT2D eigenvalue weighted by molar-refractivity contribution is 5.19. The van der Waals surface area contributed by atoms with Crippen molar-refractivity contribution >= 4 is 0 Å². The van der Waals surface area contributed by atoms with Gasteiger partial charge in [-0.2, -0.15) is 0 Å². The summed E-state index contributed by atoms with van der Waals surface area (Å²) in [6.07, 6.45) is 1.11. The molecule has 2 nitrogen and oxygen atoms in total. The summed E-state index contributed by atoms with van der Waals surface area (Å²) < 4.78 is 0. The lowest BCUT2D eigenvalue weighted by Gasteiger charge is -2.24. The summed E-state index contributed by atoms with van der Waals surface area (Å²) in [5, 5.41) is 12.7. The maximum atomic E-state index is 9.23. The van der Waals surface area contributed by atoms with E-state index in [4.69, 9.17) is 0 Å². The fraction of sp³-hybridized carbons (Fsp3) is 0.538. The first-order valence-corrected chi connectivity index (χ1v) is 5.68. The van der Waals surface area contributed by atoms with Crippen molar-refractivity contribution in [2.45, 2.75) is 26.3 Å². The number of benzene rings is 1. The number of hydrogen-bond acceptors (Lipinski definition) is 2. The first-order valence-electron chi connectivity index (χ1n) is 5.68. The van der Waals surface area contributed by atoms with Gasteiger partial charge in [0, 0.05) is 12.6 Å². The van der Waals surface area contributed by atoms with Gasteiger partial charge in [0.25, 0.3) is 0 Å². The molecule has 0 aliphatic heterocycles. The first kappa shape index (κ1) is 12.2. The highest BCUT2D eigenvalue weighted by Crippen LogP contribution is 2.21. The van der Waals surface area contributed by atoms with E-state index in [0.717, 1.165) is 13.0 Å². The molecular formula is C13H21NO. The number of aliphatic hydroxyl groups is 1. The van der Waals surface area contributed by atoms with E-state index >= 15 is 0 Å². The Morgan fingerprint density at radius 1 is 1.27 bits per heavy atom. The number of hydrogen-bond donors (Lipinski definition) is 2. The summed E-state index contributed by atoms with van der Waals surface area (Å²) in [6.45, 7) is 5.43. The van der Waals surface area contributed by atoms with E-state index in [2.05, 4.69) is 31.3 Å². The monoisotopic (exact) mass is 207 g/mol. The van der Waals surface area contributed by atoms with Gasteiger partial charge < -0.3 is 10.4 Å². The summed E-state index contributed by atoms with van der Waals surface area (Å²) in [6, 6.07) is 10.6. The molecule has 84 valence electrons. The molecule has 2 unspecified atom stereocenters. The largest absolute Gasteiger partial charge is 0.396 e. The lowest BCUT2D eigenvalue weighted by molar-refractivity contribution is 0.202. The Bertz CT molecular complexity index is 260. The van der Waals surface area contributed by atoms with Gasteiger partial charge in [-0.25, -0.2) is 0 Å². The molecule has 1 rings (SSSR count). The van der Waals surface area contributed by atoms with Gasteiger partial charge in [0.15, 0.2) is 0 Å². The van der Waals surface area contributed by atoms with Crippen LogP contribution in [-0.2, 0) is 0 Å². The van der Waals surface area contributed by atoms with Crippen LogP contribution in [0.15, 0.2) is 30.3 Å². The number of aliphatic hydroxyl groups excluding tert-OH is 1. The molecule has 0 fully saturated rings. The number of nitrogens with one attached hydrogen (secondary N) is 1. The third-order valence-electron chi connectivity index (χ3n) is 2.63. The van der Waals surface area contributed by atoms with E-state index in [0.29, 0.717) is 0 Å². The quantitative estimate of drug-likeness (QED) is 0.750. The molecule has 0 aromatic heterocycles. The first-order chi connectivity index (χ1) is 7.29. The average molecular weight is 207 g/mol. The topological polar surface area (TPSA) is 32.3 Å². The van der Waals surface area contributed by atoms with Crippen LogP contribution in [0.5, 0.6) is 0 Å². The van der Waals surface area contributed by atoms with Crippen molar-refractivity contribution in [3.63, 3.8) is 0 Å². The molecule has 1 aromatic rings. The van der Waals surface area contributed by atoms with Crippen molar-refractivity contribution in [2.75, 3.05) is 13.2 Å². The SMILES string of the molecule is CCCNC(c1ccccc1)C(C)CO. The molecule has 0 amide bonds. The van der Waals surface area contributed by atoms with Gasteiger partial charge in [-0.15, -0.1) is 0 Å². The van der Waals surface area contributed by atoms with E-state index in [1.807, 2.05) is 18.2 Å². The maximum Gasteiger partial charge on any atom is 0.0474 e. The van der Waals surface area contributed by atoms with Crippen LogP contribution < -0.4 is 5.32 Å². The fourth-order valence-corrected chi connectivity index (χ4v) is 1.71. The molecule has 0 aliphatic rings. The normalized spacial score (nSPS) is 14.9. The Morgan fingerprint density at radius 2 is 1.93 bits per heavy atom. The predicted octanol–water partition coefficient (Wildman–Crippen LogP) is 2.36. The Morgan fingerprint density at radius 3 is 2.47 bits per heavy atom. The zero-order valence-electron chi connectivity index (χ0n) is 9.61. The Hall–Kier alpha value is -0.860. The summed E-state index contributed by atoms with van der Waals surface area (Å²) >= 11 is 0. The molecule has 0 aliphatic carbocycles.